The summed E-state index contributed by atoms with van der Waals surface area (Å²) >= 11 is 4.24. The van der Waals surface area contributed by atoms with Crippen LogP contribution in [0.5, 0.6) is 0 Å². The molecular weight excluding hydrogens is 254 g/mol. The van der Waals surface area contributed by atoms with Crippen LogP contribution >= 0.6 is 12.6 Å². The predicted octanol–water partition coefficient (Wildman–Crippen LogP) is 1.90. The first-order chi connectivity index (χ1) is 8.10. The highest BCUT2D eigenvalue weighted by Gasteiger charge is 2.39. The topological polar surface area (TPSA) is 30.9 Å². The quantitative estimate of drug-likeness (QED) is 0.463. The molecule has 0 N–H and O–H groups in total. The van der Waals surface area contributed by atoms with E-state index >= 15 is 0 Å². The lowest BCUT2D eigenvalue weighted by molar-refractivity contribution is 0.0623. The van der Waals surface area contributed by atoms with Crippen molar-refractivity contribution in [2.24, 2.45) is 0 Å². The molecule has 0 aromatic rings. The number of nitrogens with zero attached hydrogens (tertiary/aromatic N) is 1. The number of hydrogen-bond donors (Lipinski definition) is 1. The third-order valence-electron chi connectivity index (χ3n) is 2.23. The highest BCUT2D eigenvalue weighted by molar-refractivity contribution is 7.80. The molecule has 0 aliphatic heterocycles. The van der Waals surface area contributed by atoms with Gasteiger partial charge in [-0.15, -0.1) is 0 Å². The second-order valence-corrected chi connectivity index (χ2v) is 7.21. The highest BCUT2D eigenvalue weighted by atomic mass is 32.1. The average Bonchev–Trinajstić information content (AvgIpc) is 2.26. The van der Waals surface area contributed by atoms with Crippen LogP contribution in [0.15, 0.2) is 0 Å². The zero-order valence-corrected chi connectivity index (χ0v) is 13.5. The fraction of sp³-hybridized carbons (Fsp3) is 1.00. The van der Waals surface area contributed by atoms with Crippen molar-refractivity contribution in [2.75, 3.05) is 46.2 Å². The van der Waals surface area contributed by atoms with Gasteiger partial charge in [0.15, 0.2) is 0 Å². The van der Waals surface area contributed by atoms with E-state index in [2.05, 4.69) is 17.5 Å². The SMILES string of the molecule is CCO[Si](CCCS)(OCC)OCCN(C)C. The third kappa shape index (κ3) is 8.18. The third-order valence-corrected chi connectivity index (χ3v) is 5.61. The lowest BCUT2D eigenvalue weighted by atomic mass is 10.6. The maximum absolute atomic E-state index is 5.94. The summed E-state index contributed by atoms with van der Waals surface area (Å²) in [6.45, 7) is 6.79. The number of rotatable bonds is 11. The van der Waals surface area contributed by atoms with Crippen LogP contribution in [-0.4, -0.2) is 59.9 Å². The summed E-state index contributed by atoms with van der Waals surface area (Å²) in [4.78, 5) is 2.09. The lowest BCUT2D eigenvalue weighted by Crippen LogP contribution is -2.47. The maximum Gasteiger partial charge on any atom is 0.501 e. The van der Waals surface area contributed by atoms with Crippen molar-refractivity contribution in [2.45, 2.75) is 26.3 Å². The van der Waals surface area contributed by atoms with Crippen LogP contribution in [0, 0.1) is 0 Å². The van der Waals surface area contributed by atoms with Crippen LogP contribution in [0.4, 0.5) is 0 Å². The van der Waals surface area contributed by atoms with Gasteiger partial charge in [-0.25, -0.2) is 0 Å². The summed E-state index contributed by atoms with van der Waals surface area (Å²) in [7, 11) is 1.60. The van der Waals surface area contributed by atoms with Gasteiger partial charge >= 0.3 is 8.80 Å². The Kier molecular flexibility index (Phi) is 10.6. The first kappa shape index (κ1) is 17.4. The Labute approximate surface area is 112 Å². The fourth-order valence-corrected chi connectivity index (χ4v) is 4.49. The van der Waals surface area contributed by atoms with E-state index in [1.807, 2.05) is 27.9 Å². The number of thiol groups is 1. The average molecular weight is 281 g/mol. The van der Waals surface area contributed by atoms with Crippen molar-refractivity contribution in [3.63, 3.8) is 0 Å². The van der Waals surface area contributed by atoms with Gasteiger partial charge in [0.1, 0.15) is 0 Å². The molecular formula is C11H27NO3SSi. The van der Waals surface area contributed by atoms with Crippen LogP contribution in [0.25, 0.3) is 0 Å². The molecule has 0 aliphatic carbocycles. The monoisotopic (exact) mass is 281 g/mol. The van der Waals surface area contributed by atoms with E-state index in [4.69, 9.17) is 13.3 Å². The summed E-state index contributed by atoms with van der Waals surface area (Å²) in [5, 5.41) is 0. The molecule has 0 radical (unpaired) electrons. The summed E-state index contributed by atoms with van der Waals surface area (Å²) < 4.78 is 17.5. The molecule has 0 bridgehead atoms. The Bertz CT molecular complexity index is 178. The summed E-state index contributed by atoms with van der Waals surface area (Å²) in [6, 6.07) is 0.853. The molecule has 0 unspecified atom stereocenters. The first-order valence-electron chi connectivity index (χ1n) is 6.27. The zero-order chi connectivity index (χ0) is 13.1. The van der Waals surface area contributed by atoms with Crippen LogP contribution < -0.4 is 0 Å². The summed E-state index contributed by atoms with van der Waals surface area (Å²) in [6.07, 6.45) is 0.970. The van der Waals surface area contributed by atoms with Gasteiger partial charge in [-0.1, -0.05) is 0 Å². The molecule has 0 amide bonds. The molecule has 0 aromatic heterocycles. The van der Waals surface area contributed by atoms with Crippen LogP contribution in [0.3, 0.4) is 0 Å². The highest BCUT2D eigenvalue weighted by Crippen LogP contribution is 2.18. The normalized spacial score (nSPS) is 12.4. The van der Waals surface area contributed by atoms with Gasteiger partial charge in [-0.2, -0.15) is 12.6 Å². The van der Waals surface area contributed by atoms with Gasteiger partial charge in [0.2, 0.25) is 0 Å². The smallest absolute Gasteiger partial charge is 0.374 e. The Morgan fingerprint density at radius 3 is 2.06 bits per heavy atom. The first-order valence-corrected chi connectivity index (χ1v) is 8.84. The van der Waals surface area contributed by atoms with Crippen LogP contribution in [-0.2, 0) is 13.3 Å². The Morgan fingerprint density at radius 2 is 1.65 bits per heavy atom. The molecule has 0 saturated carbocycles. The number of likely N-dealkylation sites (N-methyl/N-ethyl adjacent to an activating group) is 1. The standard InChI is InChI=1S/C11H27NO3SSi/c1-5-13-17(14-6-2,11-7-10-16)15-9-8-12(3)4/h16H,5-11H2,1-4H3. The molecule has 4 nitrogen and oxygen atoms in total. The molecule has 0 rings (SSSR count). The number of hydrogen-bond acceptors (Lipinski definition) is 5. The van der Waals surface area contributed by atoms with Crippen molar-refractivity contribution >= 4 is 21.4 Å². The van der Waals surface area contributed by atoms with Gasteiger partial charge < -0.3 is 18.2 Å². The van der Waals surface area contributed by atoms with E-state index in [-0.39, 0.29) is 0 Å². The van der Waals surface area contributed by atoms with Gasteiger partial charge in [0.05, 0.1) is 6.61 Å². The van der Waals surface area contributed by atoms with Crippen molar-refractivity contribution in [3.8, 4) is 0 Å². The summed E-state index contributed by atoms with van der Waals surface area (Å²) in [5.74, 6) is 0.839. The fourth-order valence-electron chi connectivity index (χ4n) is 1.46. The van der Waals surface area contributed by atoms with E-state index in [9.17, 15) is 0 Å². The van der Waals surface area contributed by atoms with Crippen LogP contribution in [0.2, 0.25) is 6.04 Å². The second-order valence-electron chi connectivity index (χ2n) is 4.03. The van der Waals surface area contributed by atoms with Gasteiger partial charge in [-0.05, 0) is 40.1 Å². The minimum absolute atomic E-state index is 0.640. The van der Waals surface area contributed by atoms with Gasteiger partial charge in [0, 0.05) is 25.8 Å². The Morgan fingerprint density at radius 1 is 1.06 bits per heavy atom. The minimum Gasteiger partial charge on any atom is -0.374 e. The predicted molar refractivity (Wildman–Crippen MR) is 76.8 cm³/mol. The molecule has 0 aromatic carbocycles. The molecule has 0 atom stereocenters. The minimum atomic E-state index is -2.46. The van der Waals surface area contributed by atoms with Crippen molar-refractivity contribution in [1.29, 1.82) is 0 Å². The van der Waals surface area contributed by atoms with Gasteiger partial charge in [0.25, 0.3) is 0 Å². The van der Waals surface area contributed by atoms with E-state index in [0.717, 1.165) is 24.8 Å². The van der Waals surface area contributed by atoms with E-state index in [1.165, 1.54) is 0 Å². The lowest BCUT2D eigenvalue weighted by Gasteiger charge is -2.29. The molecule has 6 heteroatoms. The zero-order valence-electron chi connectivity index (χ0n) is 11.6. The van der Waals surface area contributed by atoms with E-state index in [1.54, 1.807) is 0 Å². The van der Waals surface area contributed by atoms with Crippen molar-refractivity contribution in [1.82, 2.24) is 4.90 Å². The van der Waals surface area contributed by atoms with Crippen molar-refractivity contribution < 1.29 is 13.3 Å². The maximum atomic E-state index is 5.94. The summed E-state index contributed by atoms with van der Waals surface area (Å²) in [5.41, 5.74) is 0. The van der Waals surface area contributed by atoms with E-state index < -0.39 is 8.80 Å². The molecule has 0 aliphatic rings. The van der Waals surface area contributed by atoms with Crippen LogP contribution in [0.1, 0.15) is 20.3 Å². The van der Waals surface area contributed by atoms with E-state index in [0.29, 0.717) is 19.8 Å². The molecule has 0 spiro atoms. The molecule has 0 heterocycles. The molecule has 17 heavy (non-hydrogen) atoms. The molecule has 104 valence electrons. The van der Waals surface area contributed by atoms with Crippen molar-refractivity contribution in [3.05, 3.63) is 0 Å². The second kappa shape index (κ2) is 10.3. The Hall–Kier alpha value is 0.407. The Balaban J connectivity index is 4.30. The largest absolute Gasteiger partial charge is 0.501 e. The molecule has 0 fully saturated rings. The van der Waals surface area contributed by atoms with Gasteiger partial charge in [-0.3, -0.25) is 0 Å². The molecule has 0 saturated heterocycles.